The maximum atomic E-state index is 11.7. The van der Waals surface area contributed by atoms with Crippen LogP contribution >= 0.6 is 0 Å². The third-order valence-electron chi connectivity index (χ3n) is 2.84. The first kappa shape index (κ1) is 8.81. The number of rotatable bonds is 6. The molecule has 6 heteroatoms. The topological polar surface area (TPSA) is 65.2 Å². The van der Waals surface area contributed by atoms with E-state index in [0.29, 0.717) is 16.5 Å². The predicted octanol–water partition coefficient (Wildman–Crippen LogP) is 1.32. The highest BCUT2D eigenvalue weighted by atomic mass is 32.2. The third kappa shape index (κ3) is 3.59. The van der Waals surface area contributed by atoms with Gasteiger partial charge in [0.25, 0.3) is 0 Å². The van der Waals surface area contributed by atoms with Crippen LogP contribution in [-0.2, 0) is 22.1 Å². The lowest BCUT2D eigenvalue weighted by molar-refractivity contribution is 0.414. The van der Waals surface area contributed by atoms with Crippen LogP contribution in [-0.4, -0.2) is 45.9 Å². The zero-order valence-electron chi connectivity index (χ0n) is 17.3. The van der Waals surface area contributed by atoms with E-state index in [2.05, 4.69) is 9.71 Å². The number of hydrogen-bond acceptors (Lipinski definition) is 3. The number of fused-ring (bicyclic) bond motifs is 1. The third-order valence-corrected chi connectivity index (χ3v) is 4.17. The van der Waals surface area contributed by atoms with Crippen LogP contribution in [0.2, 0.25) is 0 Å². The van der Waals surface area contributed by atoms with Crippen LogP contribution in [0, 0.1) is 0 Å². The average Bonchev–Trinajstić information content (AvgIpc) is 2.81. The highest BCUT2D eigenvalue weighted by molar-refractivity contribution is 7.88. The fourth-order valence-electron chi connectivity index (χ4n) is 1.82. The molecule has 2 N–H and O–H groups in total. The molecule has 0 aliphatic carbocycles. The quantitative estimate of drug-likeness (QED) is 0.846. The Bertz CT molecular complexity index is 907. The van der Waals surface area contributed by atoms with Gasteiger partial charge in [-0.1, -0.05) is 6.07 Å². The maximum absolute atomic E-state index is 11.7. The highest BCUT2D eigenvalue weighted by Crippen LogP contribution is 2.21. The van der Waals surface area contributed by atoms with E-state index in [1.54, 1.807) is 12.1 Å². The van der Waals surface area contributed by atoms with E-state index in [4.69, 9.17) is 8.22 Å². The molecule has 0 aliphatic heterocycles. The zero-order chi connectivity index (χ0) is 19.9. The number of aromatic nitrogens is 1. The van der Waals surface area contributed by atoms with Crippen LogP contribution < -0.4 is 4.72 Å². The Morgan fingerprint density at radius 3 is 3.05 bits per heavy atom. The van der Waals surface area contributed by atoms with Gasteiger partial charge in [-0.05, 0) is 50.7 Å². The van der Waals surface area contributed by atoms with Crippen molar-refractivity contribution in [1.29, 1.82) is 0 Å². The van der Waals surface area contributed by atoms with Crippen LogP contribution in [0.1, 0.15) is 19.4 Å². The Hall–Kier alpha value is -1.37. The lowest BCUT2D eigenvalue weighted by Gasteiger charge is -2.08. The van der Waals surface area contributed by atoms with Gasteiger partial charge >= 0.3 is 0 Å². The average molecular weight is 301 g/mol. The number of aromatic amines is 1. The van der Waals surface area contributed by atoms with Crippen molar-refractivity contribution >= 4 is 20.9 Å². The number of benzene rings is 1. The summed E-state index contributed by atoms with van der Waals surface area (Å²) in [5.41, 5.74) is 0.926. The van der Waals surface area contributed by atoms with Crippen molar-refractivity contribution in [3.63, 3.8) is 0 Å². The first-order chi connectivity index (χ1) is 11.8. The van der Waals surface area contributed by atoms with Gasteiger partial charge in [0.2, 0.25) is 10.0 Å². The minimum absolute atomic E-state index is 0.00676. The molecule has 20 heavy (non-hydrogen) atoms. The number of hydrogen-bond donors (Lipinski definition) is 2. The summed E-state index contributed by atoms with van der Waals surface area (Å²) >= 11 is 0. The van der Waals surface area contributed by atoms with E-state index in [-0.39, 0.29) is 17.5 Å². The van der Waals surface area contributed by atoms with Crippen molar-refractivity contribution in [2.24, 2.45) is 0 Å². The van der Waals surface area contributed by atoms with Crippen LogP contribution in [0.4, 0.5) is 0 Å². The first-order valence-electron chi connectivity index (χ1n) is 9.01. The molecule has 0 fully saturated rings. The summed E-state index contributed by atoms with van der Waals surface area (Å²) in [7, 11) is -0.912. The number of likely N-dealkylation sites (N-methyl/N-ethyl adjacent to an activating group) is 1. The fraction of sp³-hybridized carbons (Fsp3) is 0.429. The molecule has 1 aromatic heterocycles. The van der Waals surface area contributed by atoms with Gasteiger partial charge in [-0.3, -0.25) is 0 Å². The van der Waals surface area contributed by atoms with Crippen molar-refractivity contribution in [3.05, 3.63) is 35.5 Å². The van der Waals surface area contributed by atoms with Crippen molar-refractivity contribution in [3.8, 4) is 0 Å². The molecule has 0 unspecified atom stereocenters. The minimum Gasteiger partial charge on any atom is -0.361 e. The van der Waals surface area contributed by atoms with E-state index in [0.717, 1.165) is 4.90 Å². The van der Waals surface area contributed by atoms with Crippen molar-refractivity contribution < 1.29 is 16.6 Å². The second kappa shape index (κ2) is 5.95. The van der Waals surface area contributed by atoms with Gasteiger partial charge in [-0.2, -0.15) is 0 Å². The monoisotopic (exact) mass is 301 g/mol. The normalized spacial score (nSPS) is 18.1. The molecule has 2 rings (SSSR count). The van der Waals surface area contributed by atoms with E-state index in [9.17, 15) is 8.42 Å². The SMILES string of the molecule is [2H]c1[nH]c2ccc(CS(=O)(=O)NC)cc2c1C([2H])([2H])CN(C)C([2H])([2H])[2H]. The number of nitrogens with zero attached hydrogens (tertiary/aromatic N) is 1. The summed E-state index contributed by atoms with van der Waals surface area (Å²) < 4.78 is 72.5. The number of H-pyrrole nitrogens is 1. The molecule has 0 spiro atoms. The Morgan fingerprint density at radius 2 is 2.35 bits per heavy atom. The van der Waals surface area contributed by atoms with E-state index >= 15 is 0 Å². The second-order valence-electron chi connectivity index (χ2n) is 4.50. The molecule has 110 valence electrons. The molecule has 0 saturated carbocycles. The van der Waals surface area contributed by atoms with Crippen LogP contribution in [0.25, 0.3) is 10.9 Å². The maximum Gasteiger partial charge on any atom is 0.215 e. The van der Waals surface area contributed by atoms with Crippen molar-refractivity contribution in [2.45, 2.75) is 12.1 Å². The first-order valence-corrected chi connectivity index (χ1v) is 7.66. The fourth-order valence-corrected chi connectivity index (χ4v) is 2.59. The second-order valence-corrected chi connectivity index (χ2v) is 6.43. The summed E-state index contributed by atoms with van der Waals surface area (Å²) in [4.78, 5) is 3.66. The Balaban J connectivity index is 2.50. The summed E-state index contributed by atoms with van der Waals surface area (Å²) in [5.74, 6) is -0.282. The molecule has 0 bridgehead atoms. The summed E-state index contributed by atoms with van der Waals surface area (Å²) in [6, 6.07) is 4.68. The smallest absolute Gasteiger partial charge is 0.215 e. The molecule has 0 atom stereocenters. The van der Waals surface area contributed by atoms with Gasteiger partial charge in [0.15, 0.2) is 0 Å². The Kier molecular flexibility index (Phi) is 2.62. The number of nitrogens with one attached hydrogen (secondary N) is 2. The lowest BCUT2D eigenvalue weighted by atomic mass is 10.1. The summed E-state index contributed by atoms with van der Waals surface area (Å²) in [6.07, 6.45) is -2.29. The van der Waals surface area contributed by atoms with Gasteiger partial charge < -0.3 is 9.88 Å². The molecule has 0 radical (unpaired) electrons. The molecule has 1 aromatic carbocycles. The van der Waals surface area contributed by atoms with E-state index in [1.165, 1.54) is 20.2 Å². The molecule has 2 aromatic rings. The molecule has 5 nitrogen and oxygen atoms in total. The molecule has 0 saturated heterocycles. The van der Waals surface area contributed by atoms with Gasteiger partial charge in [0.05, 0.1) is 7.12 Å². The van der Waals surface area contributed by atoms with Gasteiger partial charge in [-0.25, -0.2) is 13.1 Å². The summed E-state index contributed by atoms with van der Waals surface area (Å²) in [6.45, 7) is -2.91. The number of sulfonamides is 1. The molecule has 1 heterocycles. The highest BCUT2D eigenvalue weighted by Gasteiger charge is 2.11. The zero-order valence-corrected chi connectivity index (χ0v) is 12.1. The standard InChI is InChI=1S/C14H21N3O2S/c1-15-20(18,19)10-11-4-5-14-13(8-11)12(9-16-14)6-7-17(2)3/h4-5,8-9,15-16H,6-7,10H2,1-3H3/i2D3,6D2,9D. The Labute approximate surface area is 128 Å². The Morgan fingerprint density at radius 1 is 1.55 bits per heavy atom. The van der Waals surface area contributed by atoms with Crippen molar-refractivity contribution in [1.82, 2.24) is 14.6 Å². The van der Waals surface area contributed by atoms with Gasteiger partial charge in [0.1, 0.15) is 0 Å². The van der Waals surface area contributed by atoms with Crippen molar-refractivity contribution in [2.75, 3.05) is 27.6 Å². The van der Waals surface area contributed by atoms with Gasteiger partial charge in [-0.15, -0.1) is 0 Å². The van der Waals surface area contributed by atoms with E-state index < -0.39 is 29.9 Å². The summed E-state index contributed by atoms with van der Waals surface area (Å²) in [5, 5.41) is 0.364. The molecular formula is C14H21N3O2S. The van der Waals surface area contributed by atoms with E-state index in [1.807, 2.05) is 0 Å². The largest absolute Gasteiger partial charge is 0.361 e. The van der Waals surface area contributed by atoms with Crippen LogP contribution in [0.5, 0.6) is 0 Å². The van der Waals surface area contributed by atoms with Crippen LogP contribution in [0.3, 0.4) is 0 Å². The molecule has 0 aliphatic rings. The molecule has 0 amide bonds. The lowest BCUT2D eigenvalue weighted by Crippen LogP contribution is -2.20. The van der Waals surface area contributed by atoms with Crippen LogP contribution in [0.15, 0.2) is 24.4 Å². The minimum atomic E-state index is -3.50. The predicted molar refractivity (Wildman–Crippen MR) is 82.2 cm³/mol. The van der Waals surface area contributed by atoms with Gasteiger partial charge in [0, 0.05) is 30.5 Å². The molecular weight excluding hydrogens is 274 g/mol.